The van der Waals surface area contributed by atoms with E-state index < -0.39 is 0 Å². The second kappa shape index (κ2) is 7.06. The highest BCUT2D eigenvalue weighted by Gasteiger charge is 1.85. The van der Waals surface area contributed by atoms with E-state index in [2.05, 4.69) is 11.8 Å². The van der Waals surface area contributed by atoms with Gasteiger partial charge in [-0.1, -0.05) is 30.0 Å². The van der Waals surface area contributed by atoms with Crippen LogP contribution in [0.15, 0.2) is 30.3 Å². The largest absolute Gasteiger partial charge is 0.185 e. The minimum atomic E-state index is 0.865. The average molecular weight is 201 g/mol. The normalized spacial score (nSPS) is 8.50. The number of nitriles is 1. The summed E-state index contributed by atoms with van der Waals surface area (Å²) >= 11 is 1.29. The van der Waals surface area contributed by atoms with Gasteiger partial charge in [0.15, 0.2) is 0 Å². The van der Waals surface area contributed by atoms with Crippen molar-refractivity contribution in [3.63, 3.8) is 0 Å². The van der Waals surface area contributed by atoms with Crippen molar-refractivity contribution in [1.29, 1.82) is 5.26 Å². The van der Waals surface area contributed by atoms with E-state index in [1.807, 2.05) is 35.7 Å². The number of rotatable bonds is 3. The summed E-state index contributed by atoms with van der Waals surface area (Å²) in [4.78, 5) is 0. The lowest BCUT2D eigenvalue weighted by Crippen LogP contribution is -1.76. The van der Waals surface area contributed by atoms with E-state index in [0.29, 0.717) is 0 Å². The van der Waals surface area contributed by atoms with Gasteiger partial charge in [-0.05, 0) is 30.3 Å². The van der Waals surface area contributed by atoms with Gasteiger partial charge >= 0.3 is 0 Å². The number of benzene rings is 1. The molecule has 70 valence electrons. The third-order valence-corrected chi connectivity index (χ3v) is 2.24. The summed E-state index contributed by atoms with van der Waals surface area (Å²) in [5.74, 6) is 7.04. The quantitative estimate of drug-likeness (QED) is 0.426. The molecule has 0 bridgehead atoms. The van der Waals surface area contributed by atoms with Crippen LogP contribution in [0.5, 0.6) is 0 Å². The summed E-state index contributed by atoms with van der Waals surface area (Å²) in [6.07, 6.45) is 1.85. The molecule has 1 aromatic rings. The smallest absolute Gasteiger partial charge is 0.133 e. The van der Waals surface area contributed by atoms with Crippen LogP contribution in [0.25, 0.3) is 0 Å². The Morgan fingerprint density at radius 3 is 2.71 bits per heavy atom. The zero-order chi connectivity index (χ0) is 10.1. The Hall–Kier alpha value is -1.38. The Kier molecular flexibility index (Phi) is 5.40. The van der Waals surface area contributed by atoms with Crippen molar-refractivity contribution >= 4 is 11.8 Å². The second-order valence-electron chi connectivity index (χ2n) is 2.71. The van der Waals surface area contributed by atoms with Gasteiger partial charge in [-0.15, -0.1) is 0 Å². The molecule has 0 aliphatic rings. The maximum absolute atomic E-state index is 8.28. The Bertz CT molecular complexity index is 353. The van der Waals surface area contributed by atoms with Crippen LogP contribution in [0, 0.1) is 22.5 Å². The van der Waals surface area contributed by atoms with Gasteiger partial charge in [0, 0.05) is 17.7 Å². The monoisotopic (exact) mass is 201 g/mol. The average Bonchev–Trinajstić information content (AvgIpc) is 2.25. The van der Waals surface area contributed by atoms with Crippen molar-refractivity contribution in [3.05, 3.63) is 35.9 Å². The van der Waals surface area contributed by atoms with E-state index in [9.17, 15) is 0 Å². The van der Waals surface area contributed by atoms with Crippen molar-refractivity contribution < 1.29 is 0 Å². The van der Waals surface area contributed by atoms with Crippen LogP contribution in [0.1, 0.15) is 18.4 Å². The number of hydrogen-bond acceptors (Lipinski definition) is 2. The Balaban J connectivity index is 2.25. The predicted molar refractivity (Wildman–Crippen MR) is 60.6 cm³/mol. The first-order valence-corrected chi connectivity index (χ1v) is 5.47. The fourth-order valence-corrected chi connectivity index (χ4v) is 1.34. The van der Waals surface area contributed by atoms with Gasteiger partial charge in [-0.25, -0.2) is 0 Å². The Morgan fingerprint density at radius 1 is 1.21 bits per heavy atom. The number of thiocyanates is 1. The fourth-order valence-electron chi connectivity index (χ4n) is 0.964. The summed E-state index contributed by atoms with van der Waals surface area (Å²) in [6, 6.07) is 9.94. The number of thioether (sulfide) groups is 1. The van der Waals surface area contributed by atoms with E-state index in [-0.39, 0.29) is 0 Å². The van der Waals surface area contributed by atoms with E-state index >= 15 is 0 Å². The lowest BCUT2D eigenvalue weighted by atomic mass is 10.2. The van der Waals surface area contributed by atoms with Gasteiger partial charge in [0.1, 0.15) is 5.40 Å². The highest BCUT2D eigenvalue weighted by Crippen LogP contribution is 2.01. The third-order valence-electron chi connectivity index (χ3n) is 1.62. The molecule has 1 aromatic carbocycles. The molecule has 0 saturated heterocycles. The standard InChI is InChI=1S/C12H11NS/c13-11-14-10-6-2-5-9-12-7-3-1-4-8-12/h1,3-4,7-8H,2,6,10H2. The molecular weight excluding hydrogens is 190 g/mol. The molecule has 1 rings (SSSR count). The van der Waals surface area contributed by atoms with Crippen molar-refractivity contribution in [2.45, 2.75) is 12.8 Å². The van der Waals surface area contributed by atoms with Crippen LogP contribution < -0.4 is 0 Å². The first-order valence-electron chi connectivity index (χ1n) is 4.48. The van der Waals surface area contributed by atoms with Crippen molar-refractivity contribution in [2.75, 3.05) is 5.75 Å². The number of hydrogen-bond donors (Lipinski definition) is 0. The molecule has 0 fully saturated rings. The Morgan fingerprint density at radius 2 is 2.00 bits per heavy atom. The van der Waals surface area contributed by atoms with E-state index in [1.54, 1.807) is 0 Å². The fraction of sp³-hybridized carbons (Fsp3) is 0.250. The van der Waals surface area contributed by atoms with Crippen LogP contribution in [0.4, 0.5) is 0 Å². The van der Waals surface area contributed by atoms with Crippen molar-refractivity contribution in [3.8, 4) is 17.2 Å². The molecule has 0 aliphatic heterocycles. The first kappa shape index (κ1) is 10.7. The molecule has 0 unspecified atom stereocenters. The molecule has 0 aromatic heterocycles. The predicted octanol–water partition coefficient (Wildman–Crippen LogP) is 3.03. The minimum absolute atomic E-state index is 0.865. The highest BCUT2D eigenvalue weighted by molar-refractivity contribution is 8.03. The molecule has 0 aliphatic carbocycles. The van der Waals surface area contributed by atoms with Crippen LogP contribution in [0.2, 0.25) is 0 Å². The lowest BCUT2D eigenvalue weighted by molar-refractivity contribution is 0.999. The minimum Gasteiger partial charge on any atom is -0.185 e. The first-order chi connectivity index (χ1) is 6.93. The Labute approximate surface area is 89.1 Å². The summed E-state index contributed by atoms with van der Waals surface area (Å²) in [5.41, 5.74) is 1.06. The molecule has 0 spiro atoms. The van der Waals surface area contributed by atoms with Crippen LogP contribution in [0.3, 0.4) is 0 Å². The molecule has 0 radical (unpaired) electrons. The molecule has 0 N–H and O–H groups in total. The SMILES string of the molecule is N#CSCCCC#Cc1ccccc1. The topological polar surface area (TPSA) is 23.8 Å². The lowest BCUT2D eigenvalue weighted by Gasteiger charge is -1.88. The van der Waals surface area contributed by atoms with Gasteiger partial charge in [0.05, 0.1) is 0 Å². The highest BCUT2D eigenvalue weighted by atomic mass is 32.2. The molecule has 0 heterocycles. The summed E-state index contributed by atoms with van der Waals surface area (Å²) < 4.78 is 0. The van der Waals surface area contributed by atoms with E-state index in [0.717, 1.165) is 24.2 Å². The summed E-state index contributed by atoms with van der Waals surface area (Å²) in [7, 11) is 0. The molecule has 0 atom stereocenters. The maximum atomic E-state index is 8.28. The van der Waals surface area contributed by atoms with Gasteiger partial charge in [-0.3, -0.25) is 0 Å². The van der Waals surface area contributed by atoms with Gasteiger partial charge in [0.25, 0.3) is 0 Å². The van der Waals surface area contributed by atoms with Crippen molar-refractivity contribution in [1.82, 2.24) is 0 Å². The third kappa shape index (κ3) is 4.60. The molecule has 1 nitrogen and oxygen atoms in total. The van der Waals surface area contributed by atoms with Crippen LogP contribution in [-0.2, 0) is 0 Å². The maximum Gasteiger partial charge on any atom is 0.133 e. The van der Waals surface area contributed by atoms with Gasteiger partial charge in [-0.2, -0.15) is 5.26 Å². The van der Waals surface area contributed by atoms with Crippen LogP contribution in [-0.4, -0.2) is 5.75 Å². The zero-order valence-corrected chi connectivity index (χ0v) is 8.68. The van der Waals surface area contributed by atoms with Gasteiger partial charge < -0.3 is 0 Å². The number of nitrogens with zero attached hydrogens (tertiary/aromatic N) is 1. The van der Waals surface area contributed by atoms with E-state index in [1.165, 1.54) is 11.8 Å². The number of unbranched alkanes of at least 4 members (excludes halogenated alkanes) is 1. The molecule has 2 heteroatoms. The summed E-state index contributed by atoms with van der Waals surface area (Å²) in [6.45, 7) is 0. The molecule has 0 saturated carbocycles. The molecular formula is C12H11NS. The van der Waals surface area contributed by atoms with E-state index in [4.69, 9.17) is 5.26 Å². The molecule has 14 heavy (non-hydrogen) atoms. The molecule has 0 amide bonds. The second-order valence-corrected chi connectivity index (χ2v) is 3.59. The van der Waals surface area contributed by atoms with Crippen molar-refractivity contribution in [2.24, 2.45) is 0 Å². The van der Waals surface area contributed by atoms with Gasteiger partial charge in [0.2, 0.25) is 0 Å². The van der Waals surface area contributed by atoms with Crippen LogP contribution >= 0.6 is 11.8 Å². The summed E-state index contributed by atoms with van der Waals surface area (Å²) in [5, 5.41) is 10.3. The zero-order valence-electron chi connectivity index (χ0n) is 7.86.